The molecule has 4 heteroatoms. The fourth-order valence-electron chi connectivity index (χ4n) is 4.38. The molecular formula is C26H21GeNO2. The van der Waals surface area contributed by atoms with Crippen LogP contribution in [0.3, 0.4) is 0 Å². The van der Waals surface area contributed by atoms with Crippen LogP contribution >= 0.6 is 0 Å². The van der Waals surface area contributed by atoms with E-state index in [4.69, 9.17) is 13.8 Å². The molecule has 0 amide bonds. The normalized spacial score (nSPS) is 12.5. The van der Waals surface area contributed by atoms with E-state index in [2.05, 4.69) is 65.8 Å². The average Bonchev–Trinajstić information content (AvgIpc) is 3.30. The second-order valence-corrected chi connectivity index (χ2v) is 19.5. The molecule has 0 saturated carbocycles. The molecule has 0 N–H and O–H groups in total. The van der Waals surface area contributed by atoms with Gasteiger partial charge in [0.25, 0.3) is 0 Å². The van der Waals surface area contributed by atoms with Gasteiger partial charge in [0.15, 0.2) is 0 Å². The molecule has 0 aliphatic heterocycles. The van der Waals surface area contributed by atoms with Gasteiger partial charge in [-0.1, -0.05) is 0 Å². The zero-order chi connectivity index (χ0) is 20.5. The van der Waals surface area contributed by atoms with E-state index in [-0.39, 0.29) is 0 Å². The van der Waals surface area contributed by atoms with Crippen molar-refractivity contribution < 1.29 is 8.83 Å². The Labute approximate surface area is 176 Å². The minimum atomic E-state index is -2.06. The number of pyridine rings is 1. The molecule has 6 aromatic rings. The van der Waals surface area contributed by atoms with Crippen LogP contribution < -0.4 is 4.40 Å². The van der Waals surface area contributed by atoms with Crippen molar-refractivity contribution in [2.45, 2.75) is 17.3 Å². The molecule has 6 rings (SSSR count). The van der Waals surface area contributed by atoms with Gasteiger partial charge < -0.3 is 0 Å². The summed E-state index contributed by atoms with van der Waals surface area (Å²) in [7, 11) is 0. The van der Waals surface area contributed by atoms with Crippen LogP contribution in [0.15, 0.2) is 81.8 Å². The number of para-hydroxylation sites is 3. The van der Waals surface area contributed by atoms with Crippen LogP contribution in [0.5, 0.6) is 0 Å². The van der Waals surface area contributed by atoms with Crippen LogP contribution in [0.4, 0.5) is 0 Å². The second kappa shape index (κ2) is 6.22. The predicted octanol–water partition coefficient (Wildman–Crippen LogP) is 7.09. The maximum atomic E-state index is 6.42. The summed E-state index contributed by atoms with van der Waals surface area (Å²) in [5.74, 6) is 7.19. The first-order chi connectivity index (χ1) is 14.5. The van der Waals surface area contributed by atoms with Crippen molar-refractivity contribution in [3.63, 3.8) is 0 Å². The summed E-state index contributed by atoms with van der Waals surface area (Å²) in [6.45, 7) is 0. The molecule has 3 nitrogen and oxygen atoms in total. The van der Waals surface area contributed by atoms with Crippen molar-refractivity contribution in [3.8, 4) is 11.3 Å². The van der Waals surface area contributed by atoms with E-state index >= 15 is 0 Å². The van der Waals surface area contributed by atoms with Crippen LogP contribution in [0.25, 0.3) is 55.1 Å². The molecule has 0 saturated heterocycles. The SMILES string of the molecule is [CH3][Ge]([CH3])([CH3])[c]1cccc2c1oc1cc(-c3cccc4c3oc3ccccc34)ncc12. The Kier molecular flexibility index (Phi) is 3.69. The van der Waals surface area contributed by atoms with Crippen LogP contribution in [0.1, 0.15) is 0 Å². The van der Waals surface area contributed by atoms with E-state index in [0.717, 1.165) is 55.1 Å². The number of hydrogen-bond donors (Lipinski definition) is 0. The third-order valence-corrected chi connectivity index (χ3v) is 10.1. The van der Waals surface area contributed by atoms with Gasteiger partial charge in [0.1, 0.15) is 0 Å². The van der Waals surface area contributed by atoms with Crippen molar-refractivity contribution >= 4 is 61.5 Å². The number of benzene rings is 3. The summed E-state index contributed by atoms with van der Waals surface area (Å²) >= 11 is -2.06. The quantitative estimate of drug-likeness (QED) is 0.264. The molecule has 0 radical (unpaired) electrons. The van der Waals surface area contributed by atoms with Gasteiger partial charge in [-0.15, -0.1) is 0 Å². The van der Waals surface area contributed by atoms with Crippen LogP contribution in [-0.2, 0) is 0 Å². The molecule has 0 spiro atoms. The van der Waals surface area contributed by atoms with Gasteiger partial charge in [0.05, 0.1) is 0 Å². The van der Waals surface area contributed by atoms with Crippen molar-refractivity contribution in [3.05, 3.63) is 72.9 Å². The minimum absolute atomic E-state index is 0.866. The number of furan rings is 2. The second-order valence-electron chi connectivity index (χ2n) is 8.88. The predicted molar refractivity (Wildman–Crippen MR) is 127 cm³/mol. The zero-order valence-corrected chi connectivity index (χ0v) is 19.3. The van der Waals surface area contributed by atoms with Crippen molar-refractivity contribution in [2.75, 3.05) is 0 Å². The molecule has 0 bridgehead atoms. The van der Waals surface area contributed by atoms with E-state index in [1.807, 2.05) is 24.4 Å². The monoisotopic (exact) mass is 453 g/mol. The summed E-state index contributed by atoms with van der Waals surface area (Å²) in [4.78, 5) is 4.81. The van der Waals surface area contributed by atoms with Gasteiger partial charge in [0, 0.05) is 0 Å². The van der Waals surface area contributed by atoms with Gasteiger partial charge in [-0.05, 0) is 0 Å². The van der Waals surface area contributed by atoms with Crippen molar-refractivity contribution in [2.24, 2.45) is 0 Å². The average molecular weight is 452 g/mol. The molecule has 3 heterocycles. The Morgan fingerprint density at radius 1 is 0.667 bits per heavy atom. The van der Waals surface area contributed by atoms with Crippen LogP contribution in [-0.4, -0.2) is 18.3 Å². The van der Waals surface area contributed by atoms with Gasteiger partial charge in [-0.25, -0.2) is 0 Å². The summed E-state index contributed by atoms with van der Waals surface area (Å²) < 4.78 is 14.0. The fourth-order valence-corrected chi connectivity index (χ4v) is 7.45. The third kappa shape index (κ3) is 2.55. The summed E-state index contributed by atoms with van der Waals surface area (Å²) in [6, 6.07) is 22.9. The van der Waals surface area contributed by atoms with E-state index in [9.17, 15) is 0 Å². The molecule has 30 heavy (non-hydrogen) atoms. The van der Waals surface area contributed by atoms with E-state index in [1.165, 1.54) is 4.40 Å². The van der Waals surface area contributed by atoms with E-state index in [1.54, 1.807) is 0 Å². The topological polar surface area (TPSA) is 39.2 Å². The van der Waals surface area contributed by atoms with Crippen molar-refractivity contribution in [1.82, 2.24) is 4.98 Å². The Morgan fingerprint density at radius 2 is 1.37 bits per heavy atom. The number of aromatic nitrogens is 1. The fraction of sp³-hybridized carbons (Fsp3) is 0.115. The van der Waals surface area contributed by atoms with Gasteiger partial charge in [-0.3, -0.25) is 0 Å². The van der Waals surface area contributed by atoms with E-state index in [0.29, 0.717) is 0 Å². The third-order valence-electron chi connectivity index (χ3n) is 5.87. The number of nitrogens with zero attached hydrogens (tertiary/aromatic N) is 1. The molecule has 3 aromatic carbocycles. The zero-order valence-electron chi connectivity index (χ0n) is 17.2. The Bertz CT molecular complexity index is 1580. The number of rotatable bonds is 2. The first-order valence-electron chi connectivity index (χ1n) is 10.2. The van der Waals surface area contributed by atoms with Gasteiger partial charge in [0.2, 0.25) is 0 Å². The number of hydrogen-bond acceptors (Lipinski definition) is 3. The Morgan fingerprint density at radius 3 is 2.20 bits per heavy atom. The van der Waals surface area contributed by atoms with Gasteiger partial charge in [-0.2, -0.15) is 0 Å². The van der Waals surface area contributed by atoms with Crippen LogP contribution in [0.2, 0.25) is 17.3 Å². The molecule has 3 aromatic heterocycles. The molecule has 0 aliphatic rings. The molecular weight excluding hydrogens is 431 g/mol. The molecule has 0 fully saturated rings. The van der Waals surface area contributed by atoms with Crippen molar-refractivity contribution in [1.29, 1.82) is 0 Å². The van der Waals surface area contributed by atoms with E-state index < -0.39 is 13.3 Å². The Hall–Kier alpha value is -3.05. The molecule has 0 aliphatic carbocycles. The first-order valence-corrected chi connectivity index (χ1v) is 17.6. The summed E-state index contributed by atoms with van der Waals surface area (Å²) in [5, 5.41) is 4.46. The van der Waals surface area contributed by atoms with Gasteiger partial charge >= 0.3 is 177 Å². The van der Waals surface area contributed by atoms with Crippen LogP contribution in [0, 0.1) is 0 Å². The standard InChI is InChI=1S/C26H21GeNO2/c1-27(2,3)21-12-7-10-18-20-15-28-22(14-24(20)30-26(18)21)19-11-6-9-17-16-8-4-5-13-23(16)29-25(17)19/h4-15H,1-3H3. The summed E-state index contributed by atoms with van der Waals surface area (Å²) in [5.41, 5.74) is 5.52. The number of fused-ring (bicyclic) bond motifs is 6. The Balaban J connectivity index is 1.62. The first kappa shape index (κ1) is 17.8. The summed E-state index contributed by atoms with van der Waals surface area (Å²) in [6.07, 6.45) is 1.94. The molecule has 0 unspecified atom stereocenters. The maximum absolute atomic E-state index is 6.42. The molecule has 146 valence electrons. The molecule has 0 atom stereocenters.